The summed E-state index contributed by atoms with van der Waals surface area (Å²) in [5, 5.41) is 14.1. The third-order valence-electron chi connectivity index (χ3n) is 4.54. The standard InChI is InChI=1S/C17H22N4O4S2/c1-13-18-14(12-26-13)11-19-6-3-7-20(9-8-19)16-5-4-15(21(22)23)10-17(16)27(2,24)25/h4-5,10,12H,3,6-9,11H2,1-2H3. The van der Waals surface area contributed by atoms with E-state index in [-0.39, 0.29) is 10.6 Å². The number of anilines is 1. The molecule has 1 aromatic carbocycles. The molecule has 0 aliphatic carbocycles. The number of nitro groups is 1. The second-order valence-corrected chi connectivity index (χ2v) is 9.70. The monoisotopic (exact) mass is 410 g/mol. The van der Waals surface area contributed by atoms with Gasteiger partial charge in [-0.3, -0.25) is 15.0 Å². The van der Waals surface area contributed by atoms with E-state index in [2.05, 4.69) is 15.3 Å². The van der Waals surface area contributed by atoms with E-state index in [4.69, 9.17) is 0 Å². The molecule has 0 atom stereocenters. The molecule has 0 bridgehead atoms. The normalized spacial score (nSPS) is 16.3. The van der Waals surface area contributed by atoms with E-state index in [9.17, 15) is 18.5 Å². The number of hydrogen-bond acceptors (Lipinski definition) is 8. The van der Waals surface area contributed by atoms with Crippen LogP contribution in [0.15, 0.2) is 28.5 Å². The Kier molecular flexibility index (Phi) is 5.78. The van der Waals surface area contributed by atoms with E-state index in [1.807, 2.05) is 11.8 Å². The molecule has 146 valence electrons. The third kappa shape index (κ3) is 4.82. The number of aromatic nitrogens is 1. The molecule has 2 aromatic rings. The molecule has 0 unspecified atom stereocenters. The van der Waals surface area contributed by atoms with Crippen molar-refractivity contribution in [2.75, 3.05) is 37.3 Å². The molecule has 27 heavy (non-hydrogen) atoms. The minimum atomic E-state index is -3.58. The van der Waals surface area contributed by atoms with Crippen molar-refractivity contribution in [3.8, 4) is 0 Å². The van der Waals surface area contributed by atoms with Crippen molar-refractivity contribution in [2.24, 2.45) is 0 Å². The Morgan fingerprint density at radius 2 is 2.04 bits per heavy atom. The van der Waals surface area contributed by atoms with Crippen molar-refractivity contribution in [3.05, 3.63) is 44.4 Å². The van der Waals surface area contributed by atoms with Crippen molar-refractivity contribution in [3.63, 3.8) is 0 Å². The molecule has 10 heteroatoms. The summed E-state index contributed by atoms with van der Waals surface area (Å²) < 4.78 is 24.4. The highest BCUT2D eigenvalue weighted by Crippen LogP contribution is 2.30. The highest BCUT2D eigenvalue weighted by molar-refractivity contribution is 7.90. The summed E-state index contributed by atoms with van der Waals surface area (Å²) in [5.74, 6) is 0. The number of benzene rings is 1. The molecular weight excluding hydrogens is 388 g/mol. The van der Waals surface area contributed by atoms with E-state index in [0.717, 1.165) is 49.1 Å². The number of rotatable bonds is 5. The van der Waals surface area contributed by atoms with E-state index in [0.29, 0.717) is 18.8 Å². The fourth-order valence-corrected chi connectivity index (χ4v) is 4.77. The first-order valence-electron chi connectivity index (χ1n) is 8.61. The van der Waals surface area contributed by atoms with Crippen LogP contribution in [0.3, 0.4) is 0 Å². The molecule has 2 heterocycles. The molecule has 0 saturated carbocycles. The molecule has 8 nitrogen and oxygen atoms in total. The molecule has 1 fully saturated rings. The molecule has 1 aromatic heterocycles. The van der Waals surface area contributed by atoms with Gasteiger partial charge in [-0.15, -0.1) is 11.3 Å². The third-order valence-corrected chi connectivity index (χ3v) is 6.48. The van der Waals surface area contributed by atoms with Crippen molar-refractivity contribution in [2.45, 2.75) is 24.8 Å². The van der Waals surface area contributed by atoms with Crippen LogP contribution in [0.1, 0.15) is 17.1 Å². The topological polar surface area (TPSA) is 96.7 Å². The zero-order chi connectivity index (χ0) is 19.6. The van der Waals surface area contributed by atoms with Crippen LogP contribution < -0.4 is 4.90 Å². The zero-order valence-corrected chi connectivity index (χ0v) is 16.9. The van der Waals surface area contributed by atoms with Gasteiger partial charge in [0.05, 0.1) is 26.2 Å². The van der Waals surface area contributed by atoms with E-state index in [1.165, 1.54) is 6.07 Å². The lowest BCUT2D eigenvalue weighted by Crippen LogP contribution is -2.31. The Bertz CT molecular complexity index is 942. The lowest BCUT2D eigenvalue weighted by Gasteiger charge is -2.25. The van der Waals surface area contributed by atoms with Gasteiger partial charge in [0, 0.05) is 56.5 Å². The van der Waals surface area contributed by atoms with Crippen LogP contribution in [0, 0.1) is 17.0 Å². The first kappa shape index (κ1) is 19.7. The first-order valence-corrected chi connectivity index (χ1v) is 11.4. The van der Waals surface area contributed by atoms with Gasteiger partial charge in [0.1, 0.15) is 0 Å². The van der Waals surface area contributed by atoms with Gasteiger partial charge in [0.25, 0.3) is 5.69 Å². The Hall–Kier alpha value is -2.04. The van der Waals surface area contributed by atoms with Crippen molar-refractivity contribution >= 4 is 32.5 Å². The summed E-state index contributed by atoms with van der Waals surface area (Å²) in [7, 11) is -3.58. The van der Waals surface area contributed by atoms with Gasteiger partial charge in [-0.1, -0.05) is 0 Å². The summed E-state index contributed by atoms with van der Waals surface area (Å²) in [4.78, 5) is 19.3. The van der Waals surface area contributed by atoms with Gasteiger partial charge in [-0.25, -0.2) is 13.4 Å². The van der Waals surface area contributed by atoms with Crippen LogP contribution in [0.2, 0.25) is 0 Å². The maximum absolute atomic E-state index is 12.2. The minimum absolute atomic E-state index is 0.0141. The SMILES string of the molecule is Cc1nc(CN2CCCN(c3ccc([N+](=O)[O-])cc3S(C)(=O)=O)CC2)cs1. The van der Waals surface area contributed by atoms with Crippen molar-refractivity contribution in [1.29, 1.82) is 0 Å². The molecule has 3 rings (SSSR count). The molecule has 1 aliphatic heterocycles. The maximum Gasteiger partial charge on any atom is 0.270 e. The number of non-ortho nitro benzene ring substituents is 1. The molecule has 0 spiro atoms. The average Bonchev–Trinajstić information content (AvgIpc) is 2.87. The van der Waals surface area contributed by atoms with Crippen LogP contribution in [0.4, 0.5) is 11.4 Å². The van der Waals surface area contributed by atoms with Gasteiger partial charge in [0.2, 0.25) is 0 Å². The molecule has 1 saturated heterocycles. The number of nitro benzene ring substituents is 1. The van der Waals surface area contributed by atoms with Gasteiger partial charge >= 0.3 is 0 Å². The number of nitrogens with zero attached hydrogens (tertiary/aromatic N) is 4. The summed E-state index contributed by atoms with van der Waals surface area (Å²) in [6, 6.07) is 4.07. The fraction of sp³-hybridized carbons (Fsp3) is 0.471. The molecule has 1 aliphatic rings. The van der Waals surface area contributed by atoms with Crippen molar-refractivity contribution in [1.82, 2.24) is 9.88 Å². The van der Waals surface area contributed by atoms with E-state index in [1.54, 1.807) is 17.4 Å². The fourth-order valence-electron chi connectivity index (χ4n) is 3.25. The Morgan fingerprint density at radius 1 is 1.26 bits per heavy atom. The molecule has 0 amide bonds. The zero-order valence-electron chi connectivity index (χ0n) is 15.3. The number of aryl methyl sites for hydroxylation is 1. The van der Waals surface area contributed by atoms with Crippen LogP contribution in [0.25, 0.3) is 0 Å². The van der Waals surface area contributed by atoms with Crippen molar-refractivity contribution < 1.29 is 13.3 Å². The Labute approximate surface area is 162 Å². The van der Waals surface area contributed by atoms with Crippen LogP contribution in [-0.2, 0) is 16.4 Å². The molecule has 0 radical (unpaired) electrons. The molecular formula is C17H22N4O4S2. The lowest BCUT2D eigenvalue weighted by atomic mass is 10.2. The van der Waals surface area contributed by atoms with Crippen LogP contribution in [0.5, 0.6) is 0 Å². The summed E-state index contributed by atoms with van der Waals surface area (Å²) in [6.45, 7) is 5.79. The second-order valence-electron chi connectivity index (χ2n) is 6.66. The van der Waals surface area contributed by atoms with E-state index < -0.39 is 14.8 Å². The largest absolute Gasteiger partial charge is 0.369 e. The number of sulfone groups is 1. The summed E-state index contributed by atoms with van der Waals surface area (Å²) >= 11 is 1.63. The second kappa shape index (κ2) is 7.91. The Balaban J connectivity index is 1.79. The predicted octanol–water partition coefficient (Wildman–Crippen LogP) is 2.48. The maximum atomic E-state index is 12.2. The van der Waals surface area contributed by atoms with Gasteiger partial charge in [-0.2, -0.15) is 0 Å². The van der Waals surface area contributed by atoms with Crippen LogP contribution >= 0.6 is 11.3 Å². The number of hydrogen-bond donors (Lipinski definition) is 0. The lowest BCUT2D eigenvalue weighted by molar-refractivity contribution is -0.385. The summed E-state index contributed by atoms with van der Waals surface area (Å²) in [6.07, 6.45) is 1.97. The quantitative estimate of drug-likeness (QED) is 0.552. The predicted molar refractivity (Wildman–Crippen MR) is 105 cm³/mol. The Morgan fingerprint density at radius 3 is 2.67 bits per heavy atom. The molecule has 0 N–H and O–H groups in total. The average molecular weight is 411 g/mol. The minimum Gasteiger partial charge on any atom is -0.369 e. The number of thiazole rings is 1. The first-order chi connectivity index (χ1) is 12.7. The smallest absolute Gasteiger partial charge is 0.270 e. The van der Waals surface area contributed by atoms with Gasteiger partial charge < -0.3 is 4.90 Å². The van der Waals surface area contributed by atoms with E-state index >= 15 is 0 Å². The summed E-state index contributed by atoms with van der Waals surface area (Å²) in [5.41, 5.74) is 1.38. The van der Waals surface area contributed by atoms with Crippen LogP contribution in [-0.4, -0.2) is 55.7 Å². The van der Waals surface area contributed by atoms with Gasteiger partial charge in [0.15, 0.2) is 9.84 Å². The van der Waals surface area contributed by atoms with Gasteiger partial charge in [-0.05, 0) is 19.4 Å². The highest BCUT2D eigenvalue weighted by Gasteiger charge is 2.24. The highest BCUT2D eigenvalue weighted by atomic mass is 32.2.